The first-order valence-electron chi connectivity index (χ1n) is 7.54. The molecule has 8 nitrogen and oxygen atoms in total. The van der Waals surface area contributed by atoms with Gasteiger partial charge in [-0.2, -0.15) is 0 Å². The summed E-state index contributed by atoms with van der Waals surface area (Å²) in [5.41, 5.74) is 0. The Hall–Kier alpha value is -0.940. The molecule has 1 aliphatic heterocycles. The lowest BCUT2D eigenvalue weighted by Gasteiger charge is -2.43. The minimum absolute atomic E-state index is 0.134. The molecule has 5 unspecified atom stereocenters. The molecule has 0 amide bonds. The van der Waals surface area contributed by atoms with Gasteiger partial charge in [-0.1, -0.05) is 22.6 Å². The number of hydrogen-bond acceptors (Lipinski definition) is 8. The lowest BCUT2D eigenvalue weighted by molar-refractivity contribution is -0.267. The quantitative estimate of drug-likeness (QED) is 0.255. The van der Waals surface area contributed by atoms with E-state index in [1.54, 1.807) is 0 Å². The zero-order valence-corrected chi connectivity index (χ0v) is 16.5. The Morgan fingerprint density at radius 1 is 1.00 bits per heavy atom. The van der Waals surface area contributed by atoms with Gasteiger partial charge >= 0.3 is 17.9 Å². The van der Waals surface area contributed by atoms with Crippen LogP contribution >= 0.6 is 22.6 Å². The van der Waals surface area contributed by atoms with Gasteiger partial charge in [0.2, 0.25) is 0 Å². The summed E-state index contributed by atoms with van der Waals surface area (Å²) in [6.07, 6.45) is -3.34. The van der Waals surface area contributed by atoms with Crippen LogP contribution in [0.15, 0.2) is 0 Å². The van der Waals surface area contributed by atoms with E-state index in [2.05, 4.69) is 0 Å². The van der Waals surface area contributed by atoms with E-state index in [4.69, 9.17) is 23.7 Å². The highest BCUT2D eigenvalue weighted by Gasteiger charge is 2.50. The van der Waals surface area contributed by atoms with E-state index in [1.165, 1.54) is 20.8 Å². The van der Waals surface area contributed by atoms with Crippen LogP contribution in [-0.2, 0) is 38.1 Å². The zero-order valence-electron chi connectivity index (χ0n) is 14.3. The molecule has 138 valence electrons. The predicted octanol–water partition coefficient (Wildman–Crippen LogP) is 1.37. The second kappa shape index (κ2) is 9.52. The summed E-state index contributed by atoms with van der Waals surface area (Å²) in [6.45, 7) is 7.30. The number of carbonyl (C=O) groups excluding carboxylic acids is 3. The fraction of sp³-hybridized carbons (Fsp3) is 0.800. The molecule has 9 heteroatoms. The summed E-state index contributed by atoms with van der Waals surface area (Å²) in [7, 11) is 0. The summed E-state index contributed by atoms with van der Waals surface area (Å²) < 4.78 is 26.7. The first-order chi connectivity index (χ1) is 11.1. The predicted molar refractivity (Wildman–Crippen MR) is 90.4 cm³/mol. The standard InChI is InChI=1S/C15H23IO8/c1-7(2)21-15-12(16)14(23-10(5)19)13(22-9(4)18)11(24-15)6-20-8(3)17/h7,11-15H,6H2,1-5H3. The van der Waals surface area contributed by atoms with E-state index in [0.29, 0.717) is 0 Å². The van der Waals surface area contributed by atoms with Crippen LogP contribution in [0, 0.1) is 0 Å². The van der Waals surface area contributed by atoms with Gasteiger partial charge in [-0.3, -0.25) is 14.4 Å². The van der Waals surface area contributed by atoms with Gasteiger partial charge < -0.3 is 23.7 Å². The van der Waals surface area contributed by atoms with Crippen LogP contribution in [0.1, 0.15) is 34.6 Å². The second-order valence-corrected chi connectivity index (χ2v) is 7.06. The highest BCUT2D eigenvalue weighted by molar-refractivity contribution is 14.1. The molecule has 1 fully saturated rings. The Balaban J connectivity index is 3.06. The molecule has 0 aromatic rings. The minimum Gasteiger partial charge on any atom is -0.463 e. The maximum atomic E-state index is 11.5. The van der Waals surface area contributed by atoms with Gasteiger partial charge in [0.05, 0.1) is 6.10 Å². The molecule has 0 saturated carbocycles. The Kier molecular flexibility index (Phi) is 8.37. The van der Waals surface area contributed by atoms with Crippen LogP contribution in [0.3, 0.4) is 0 Å². The summed E-state index contributed by atoms with van der Waals surface area (Å²) in [6, 6.07) is 0. The molecule has 0 aliphatic carbocycles. The molecule has 0 aromatic heterocycles. The summed E-state index contributed by atoms with van der Waals surface area (Å²) >= 11 is 2.04. The van der Waals surface area contributed by atoms with Crippen molar-refractivity contribution in [1.82, 2.24) is 0 Å². The second-order valence-electron chi connectivity index (χ2n) is 5.62. The highest BCUT2D eigenvalue weighted by Crippen LogP contribution is 2.32. The molecule has 1 aliphatic rings. The van der Waals surface area contributed by atoms with Gasteiger partial charge in [-0.25, -0.2) is 0 Å². The number of rotatable bonds is 6. The van der Waals surface area contributed by atoms with Gasteiger partial charge in [-0.15, -0.1) is 0 Å². The number of halogens is 1. The molecule has 1 saturated heterocycles. The van der Waals surface area contributed by atoms with Gasteiger partial charge in [0.1, 0.15) is 16.6 Å². The lowest BCUT2D eigenvalue weighted by Crippen LogP contribution is -2.60. The van der Waals surface area contributed by atoms with Crippen molar-refractivity contribution >= 4 is 40.5 Å². The number of carbonyl (C=O) groups is 3. The summed E-state index contributed by atoms with van der Waals surface area (Å²) in [4.78, 5) is 34.0. The molecule has 1 rings (SSSR count). The molecule has 0 radical (unpaired) electrons. The first-order valence-corrected chi connectivity index (χ1v) is 8.79. The zero-order chi connectivity index (χ0) is 18.4. The maximum Gasteiger partial charge on any atom is 0.303 e. The van der Waals surface area contributed by atoms with Crippen molar-refractivity contribution in [3.8, 4) is 0 Å². The SMILES string of the molecule is CC(=O)OCC1OC(OC(C)C)C(I)C(OC(C)=O)C1OC(C)=O. The smallest absolute Gasteiger partial charge is 0.303 e. The Bertz CT molecular complexity index is 466. The minimum atomic E-state index is -0.903. The van der Waals surface area contributed by atoms with E-state index in [-0.39, 0.29) is 12.7 Å². The fourth-order valence-corrected chi connectivity index (χ4v) is 3.13. The van der Waals surface area contributed by atoms with Crippen LogP contribution in [0.4, 0.5) is 0 Å². The van der Waals surface area contributed by atoms with Crippen LogP contribution in [0.25, 0.3) is 0 Å². The largest absolute Gasteiger partial charge is 0.463 e. The van der Waals surface area contributed by atoms with E-state index >= 15 is 0 Å². The normalized spacial score (nSPS) is 29.9. The Morgan fingerprint density at radius 3 is 2.00 bits per heavy atom. The van der Waals surface area contributed by atoms with Crippen molar-refractivity contribution in [1.29, 1.82) is 0 Å². The molecule has 0 N–H and O–H groups in total. The van der Waals surface area contributed by atoms with Crippen LogP contribution in [0.2, 0.25) is 0 Å². The highest BCUT2D eigenvalue weighted by atomic mass is 127. The van der Waals surface area contributed by atoms with Crippen molar-refractivity contribution in [2.75, 3.05) is 6.61 Å². The molecule has 0 spiro atoms. The van der Waals surface area contributed by atoms with E-state index in [1.807, 2.05) is 36.4 Å². The van der Waals surface area contributed by atoms with Crippen LogP contribution in [0.5, 0.6) is 0 Å². The number of hydrogen-bond donors (Lipinski definition) is 0. The molecule has 0 aromatic carbocycles. The number of ether oxygens (including phenoxy) is 5. The summed E-state index contributed by atoms with van der Waals surface area (Å²) in [5, 5.41) is 0. The topological polar surface area (TPSA) is 97.4 Å². The third-order valence-corrected chi connectivity index (χ3v) is 4.33. The fourth-order valence-electron chi connectivity index (χ4n) is 2.24. The lowest BCUT2D eigenvalue weighted by atomic mass is 10.0. The molecule has 1 heterocycles. The van der Waals surface area contributed by atoms with Crippen LogP contribution in [-0.4, -0.2) is 59.1 Å². The van der Waals surface area contributed by atoms with Crippen molar-refractivity contribution in [2.45, 2.75) is 69.2 Å². The van der Waals surface area contributed by atoms with Gasteiger partial charge in [-0.05, 0) is 13.8 Å². The average molecular weight is 458 g/mol. The first kappa shape index (κ1) is 21.1. The van der Waals surface area contributed by atoms with Gasteiger partial charge in [0.15, 0.2) is 18.5 Å². The molecular formula is C15H23IO8. The van der Waals surface area contributed by atoms with Gasteiger partial charge in [0.25, 0.3) is 0 Å². The summed E-state index contributed by atoms with van der Waals surface area (Å²) in [5.74, 6) is -1.57. The maximum absolute atomic E-state index is 11.5. The third-order valence-electron chi connectivity index (χ3n) is 3.03. The molecule has 24 heavy (non-hydrogen) atoms. The molecule has 5 atom stereocenters. The molecular weight excluding hydrogens is 435 g/mol. The molecule has 0 bridgehead atoms. The monoisotopic (exact) mass is 458 g/mol. The Morgan fingerprint density at radius 2 is 1.54 bits per heavy atom. The van der Waals surface area contributed by atoms with E-state index in [0.717, 1.165) is 0 Å². The average Bonchev–Trinajstić information content (AvgIpc) is 2.42. The number of alkyl halides is 1. The van der Waals surface area contributed by atoms with E-state index in [9.17, 15) is 14.4 Å². The third kappa shape index (κ3) is 6.52. The van der Waals surface area contributed by atoms with E-state index < -0.39 is 46.4 Å². The van der Waals surface area contributed by atoms with Crippen molar-refractivity contribution in [3.63, 3.8) is 0 Å². The number of esters is 3. The van der Waals surface area contributed by atoms with Gasteiger partial charge in [0, 0.05) is 20.8 Å². The van der Waals surface area contributed by atoms with Crippen molar-refractivity contribution in [2.24, 2.45) is 0 Å². The Labute approximate surface area is 154 Å². The van der Waals surface area contributed by atoms with Crippen LogP contribution < -0.4 is 0 Å². The van der Waals surface area contributed by atoms with Crippen molar-refractivity contribution in [3.05, 3.63) is 0 Å². The van der Waals surface area contributed by atoms with Crippen molar-refractivity contribution < 1.29 is 38.1 Å².